The molecule has 0 aliphatic heterocycles. The molecule has 1 aromatic carbocycles. The van der Waals surface area contributed by atoms with Crippen molar-refractivity contribution in [2.24, 2.45) is 0 Å². The lowest BCUT2D eigenvalue weighted by atomic mass is 10.2. The van der Waals surface area contributed by atoms with E-state index in [0.29, 0.717) is 0 Å². The molecule has 1 heterocycles. The first-order valence-corrected chi connectivity index (χ1v) is 6.09. The molecule has 21 heavy (non-hydrogen) atoms. The van der Waals surface area contributed by atoms with Gasteiger partial charge in [-0.05, 0) is 12.1 Å². The predicted molar refractivity (Wildman–Crippen MR) is 75.2 cm³/mol. The van der Waals surface area contributed by atoms with Crippen molar-refractivity contribution in [3.05, 3.63) is 62.3 Å². The van der Waals surface area contributed by atoms with Crippen LogP contribution in [-0.4, -0.2) is 20.4 Å². The van der Waals surface area contributed by atoms with Crippen LogP contribution in [0.25, 0.3) is 0 Å². The molecule has 0 atom stereocenters. The lowest BCUT2D eigenvalue weighted by Crippen LogP contribution is -2.27. The van der Waals surface area contributed by atoms with Crippen LogP contribution in [-0.2, 0) is 11.3 Å². The van der Waals surface area contributed by atoms with Gasteiger partial charge in [-0.15, -0.1) is 0 Å². The molecular weight excluding hydrogens is 300 g/mol. The van der Waals surface area contributed by atoms with Gasteiger partial charge in [0.25, 0.3) is 11.2 Å². The Morgan fingerprint density at radius 1 is 1.43 bits per heavy atom. The van der Waals surface area contributed by atoms with Gasteiger partial charge in [-0.2, -0.15) is 0 Å². The van der Waals surface area contributed by atoms with E-state index in [0.717, 1.165) is 4.57 Å². The van der Waals surface area contributed by atoms with Crippen LogP contribution >= 0.6 is 11.6 Å². The highest BCUT2D eigenvalue weighted by Crippen LogP contribution is 2.27. The van der Waals surface area contributed by atoms with E-state index in [4.69, 9.17) is 11.6 Å². The van der Waals surface area contributed by atoms with Gasteiger partial charge in [0.1, 0.15) is 12.2 Å². The summed E-state index contributed by atoms with van der Waals surface area (Å²) in [6, 6.07) is 5.01. The van der Waals surface area contributed by atoms with Gasteiger partial charge >= 0.3 is 0 Å². The molecule has 8 nitrogen and oxygen atoms in total. The number of amides is 1. The smallest absolute Gasteiger partial charge is 0.292 e. The van der Waals surface area contributed by atoms with E-state index >= 15 is 0 Å². The molecule has 108 valence electrons. The maximum atomic E-state index is 11.9. The molecule has 1 N–H and O–H groups in total. The van der Waals surface area contributed by atoms with Crippen LogP contribution < -0.4 is 10.9 Å². The second-order valence-electron chi connectivity index (χ2n) is 4.01. The topological polar surface area (TPSA) is 107 Å². The number of hydrogen-bond donors (Lipinski definition) is 1. The Morgan fingerprint density at radius 2 is 2.19 bits per heavy atom. The Labute approximate surface area is 123 Å². The average molecular weight is 309 g/mol. The number of aromatic nitrogens is 2. The van der Waals surface area contributed by atoms with E-state index in [1.165, 1.54) is 36.8 Å². The minimum atomic E-state index is -0.637. The number of benzene rings is 1. The number of halogens is 1. The van der Waals surface area contributed by atoms with Crippen molar-refractivity contribution in [1.82, 2.24) is 9.55 Å². The average Bonchev–Trinajstić information content (AvgIpc) is 2.41. The number of nitrogens with one attached hydrogen (secondary N) is 1. The third kappa shape index (κ3) is 3.63. The first kappa shape index (κ1) is 14.7. The van der Waals surface area contributed by atoms with Gasteiger partial charge in [0, 0.05) is 23.4 Å². The Bertz CT molecular complexity index is 759. The normalized spacial score (nSPS) is 10.1. The Morgan fingerprint density at radius 3 is 2.86 bits per heavy atom. The van der Waals surface area contributed by atoms with Crippen LogP contribution in [0.4, 0.5) is 11.4 Å². The molecule has 0 spiro atoms. The molecule has 0 aliphatic rings. The van der Waals surface area contributed by atoms with Crippen molar-refractivity contribution in [3.63, 3.8) is 0 Å². The fraction of sp³-hybridized carbons (Fsp3) is 0.0833. The predicted octanol–water partition coefficient (Wildman–Crippen LogP) is 1.44. The Hall–Kier alpha value is -2.74. The second kappa shape index (κ2) is 6.14. The number of anilines is 1. The molecule has 0 aliphatic carbocycles. The fourth-order valence-corrected chi connectivity index (χ4v) is 1.78. The SMILES string of the molecule is O=C(Cn1cnccc1=O)Nc1cc(Cl)ccc1[N+](=O)[O-]. The van der Waals surface area contributed by atoms with Gasteiger partial charge in [0.15, 0.2) is 0 Å². The summed E-state index contributed by atoms with van der Waals surface area (Å²) in [5.74, 6) is -0.601. The van der Waals surface area contributed by atoms with Gasteiger partial charge in [-0.1, -0.05) is 11.6 Å². The highest BCUT2D eigenvalue weighted by Gasteiger charge is 2.16. The van der Waals surface area contributed by atoms with E-state index in [2.05, 4.69) is 10.3 Å². The molecular formula is C12H9ClN4O4. The molecule has 0 bridgehead atoms. The Kier molecular flexibility index (Phi) is 4.29. The van der Waals surface area contributed by atoms with Crippen LogP contribution in [0.1, 0.15) is 0 Å². The van der Waals surface area contributed by atoms with Crippen molar-refractivity contribution in [2.75, 3.05) is 5.32 Å². The zero-order chi connectivity index (χ0) is 15.4. The molecule has 2 rings (SSSR count). The van der Waals surface area contributed by atoms with Gasteiger partial charge < -0.3 is 5.32 Å². The minimum absolute atomic E-state index is 0.0329. The van der Waals surface area contributed by atoms with Gasteiger partial charge in [0.05, 0.1) is 11.3 Å². The van der Waals surface area contributed by atoms with Crippen molar-refractivity contribution in [3.8, 4) is 0 Å². The maximum absolute atomic E-state index is 11.9. The standard InChI is InChI=1S/C12H9ClN4O4/c13-8-1-2-10(17(20)21)9(5-8)15-11(18)6-16-7-14-4-3-12(16)19/h1-5,7H,6H2,(H,15,18). The van der Waals surface area contributed by atoms with E-state index in [1.807, 2.05) is 0 Å². The van der Waals surface area contributed by atoms with Crippen molar-refractivity contribution < 1.29 is 9.72 Å². The summed E-state index contributed by atoms with van der Waals surface area (Å²) in [6.45, 7) is -0.309. The lowest BCUT2D eigenvalue weighted by molar-refractivity contribution is -0.383. The monoisotopic (exact) mass is 308 g/mol. The first-order valence-electron chi connectivity index (χ1n) is 5.71. The third-order valence-corrected chi connectivity index (χ3v) is 2.77. The van der Waals surface area contributed by atoms with E-state index in [1.54, 1.807) is 0 Å². The molecule has 0 unspecified atom stereocenters. The number of hydrogen-bond acceptors (Lipinski definition) is 5. The number of nitro benzene ring substituents is 1. The second-order valence-corrected chi connectivity index (χ2v) is 4.45. The van der Waals surface area contributed by atoms with Crippen molar-refractivity contribution >= 4 is 28.9 Å². The number of nitro groups is 1. The summed E-state index contributed by atoms with van der Waals surface area (Å²) in [5.41, 5.74) is -0.721. The Balaban J connectivity index is 2.20. The molecule has 1 aromatic heterocycles. The molecule has 9 heteroatoms. The number of carbonyl (C=O) groups is 1. The van der Waals surface area contributed by atoms with Crippen molar-refractivity contribution in [1.29, 1.82) is 0 Å². The van der Waals surface area contributed by atoms with Crippen molar-refractivity contribution in [2.45, 2.75) is 6.54 Å². The maximum Gasteiger partial charge on any atom is 0.292 e. The number of nitrogens with zero attached hydrogens (tertiary/aromatic N) is 3. The lowest BCUT2D eigenvalue weighted by Gasteiger charge is -2.07. The van der Waals surface area contributed by atoms with E-state index in [-0.39, 0.29) is 22.9 Å². The zero-order valence-electron chi connectivity index (χ0n) is 10.5. The van der Waals surface area contributed by atoms with E-state index < -0.39 is 16.4 Å². The molecule has 0 saturated heterocycles. The highest BCUT2D eigenvalue weighted by atomic mass is 35.5. The molecule has 0 radical (unpaired) electrons. The molecule has 0 saturated carbocycles. The fourth-order valence-electron chi connectivity index (χ4n) is 1.61. The van der Waals surface area contributed by atoms with Crippen LogP contribution in [0.3, 0.4) is 0 Å². The highest BCUT2D eigenvalue weighted by molar-refractivity contribution is 6.31. The summed E-state index contributed by atoms with van der Waals surface area (Å²) in [4.78, 5) is 37.3. The first-order chi connectivity index (χ1) is 9.97. The van der Waals surface area contributed by atoms with Gasteiger partial charge in [-0.3, -0.25) is 24.3 Å². The summed E-state index contributed by atoms with van der Waals surface area (Å²) >= 11 is 5.75. The quantitative estimate of drug-likeness (QED) is 0.679. The molecule has 1 amide bonds. The van der Waals surface area contributed by atoms with Crippen LogP contribution in [0.5, 0.6) is 0 Å². The zero-order valence-corrected chi connectivity index (χ0v) is 11.3. The van der Waals surface area contributed by atoms with Gasteiger partial charge in [-0.25, -0.2) is 4.98 Å². The van der Waals surface area contributed by atoms with Gasteiger partial charge in [0.2, 0.25) is 5.91 Å². The van der Waals surface area contributed by atoms with Crippen LogP contribution in [0.2, 0.25) is 5.02 Å². The summed E-state index contributed by atoms with van der Waals surface area (Å²) < 4.78 is 1.08. The van der Waals surface area contributed by atoms with E-state index in [9.17, 15) is 19.7 Å². The largest absolute Gasteiger partial charge is 0.319 e. The third-order valence-electron chi connectivity index (χ3n) is 2.54. The number of rotatable bonds is 4. The van der Waals surface area contributed by atoms with Crippen LogP contribution in [0.15, 0.2) is 41.6 Å². The molecule has 2 aromatic rings. The minimum Gasteiger partial charge on any atom is -0.319 e. The summed E-state index contributed by atoms with van der Waals surface area (Å²) in [7, 11) is 0. The summed E-state index contributed by atoms with van der Waals surface area (Å²) in [6.07, 6.45) is 2.51. The van der Waals surface area contributed by atoms with Crippen LogP contribution in [0, 0.1) is 10.1 Å². The summed E-state index contributed by atoms with van der Waals surface area (Å²) in [5, 5.41) is 13.5. The number of carbonyl (C=O) groups excluding carboxylic acids is 1. The molecule has 0 fully saturated rings.